The van der Waals surface area contributed by atoms with E-state index in [1.54, 1.807) is 11.3 Å². The van der Waals surface area contributed by atoms with E-state index in [9.17, 15) is 0 Å². The smallest absolute Gasteiger partial charge is 0.0979 e. The zero-order chi connectivity index (χ0) is 13.9. The molecule has 1 nitrogen and oxygen atoms in total. The zero-order valence-corrected chi connectivity index (χ0v) is 13.5. The Bertz CT molecular complexity index is 702. The van der Waals surface area contributed by atoms with Crippen molar-refractivity contribution in [1.29, 1.82) is 0 Å². The SMILES string of the molecule is Cc1sc(Cc2ccccc2)nc1-c1ccc(Br)cc1. The number of hydrogen-bond donors (Lipinski definition) is 0. The second-order valence-electron chi connectivity index (χ2n) is 4.68. The van der Waals surface area contributed by atoms with Crippen molar-refractivity contribution in [2.24, 2.45) is 0 Å². The number of hydrogen-bond acceptors (Lipinski definition) is 2. The quantitative estimate of drug-likeness (QED) is 0.614. The Morgan fingerprint density at radius 2 is 1.70 bits per heavy atom. The largest absolute Gasteiger partial charge is 0.241 e. The third-order valence-electron chi connectivity index (χ3n) is 3.16. The van der Waals surface area contributed by atoms with Gasteiger partial charge in [-0.25, -0.2) is 4.98 Å². The highest BCUT2D eigenvalue weighted by Crippen LogP contribution is 2.29. The van der Waals surface area contributed by atoms with E-state index in [0.717, 1.165) is 16.6 Å². The van der Waals surface area contributed by atoms with Gasteiger partial charge in [0.15, 0.2) is 0 Å². The monoisotopic (exact) mass is 343 g/mol. The molecule has 0 atom stereocenters. The number of nitrogens with zero attached hydrogens (tertiary/aromatic N) is 1. The van der Waals surface area contributed by atoms with Crippen molar-refractivity contribution in [2.75, 3.05) is 0 Å². The lowest BCUT2D eigenvalue weighted by Gasteiger charge is -1.99. The van der Waals surface area contributed by atoms with Crippen LogP contribution in [0.1, 0.15) is 15.4 Å². The first kappa shape index (κ1) is 13.5. The van der Waals surface area contributed by atoms with Crippen LogP contribution < -0.4 is 0 Å². The summed E-state index contributed by atoms with van der Waals surface area (Å²) in [5, 5.41) is 1.17. The van der Waals surface area contributed by atoms with Crippen molar-refractivity contribution >= 4 is 27.3 Å². The van der Waals surface area contributed by atoms with E-state index in [1.165, 1.54) is 21.0 Å². The molecule has 2 aromatic carbocycles. The average Bonchev–Trinajstić information content (AvgIpc) is 2.81. The van der Waals surface area contributed by atoms with E-state index in [4.69, 9.17) is 4.98 Å². The van der Waals surface area contributed by atoms with Crippen LogP contribution in [0.5, 0.6) is 0 Å². The van der Waals surface area contributed by atoms with Crippen molar-refractivity contribution in [1.82, 2.24) is 4.98 Å². The fourth-order valence-corrected chi connectivity index (χ4v) is 3.43. The van der Waals surface area contributed by atoms with Crippen LogP contribution in [-0.4, -0.2) is 4.98 Å². The number of benzene rings is 2. The van der Waals surface area contributed by atoms with E-state index in [1.807, 2.05) is 6.07 Å². The van der Waals surface area contributed by atoms with Gasteiger partial charge in [0.2, 0.25) is 0 Å². The zero-order valence-electron chi connectivity index (χ0n) is 11.1. The van der Waals surface area contributed by atoms with Gasteiger partial charge in [0.05, 0.1) is 10.7 Å². The van der Waals surface area contributed by atoms with Gasteiger partial charge in [0.1, 0.15) is 0 Å². The predicted octanol–water partition coefficient (Wildman–Crippen LogP) is 5.47. The molecule has 3 heteroatoms. The van der Waals surface area contributed by atoms with E-state index >= 15 is 0 Å². The van der Waals surface area contributed by atoms with E-state index in [-0.39, 0.29) is 0 Å². The van der Waals surface area contributed by atoms with Crippen LogP contribution in [0, 0.1) is 6.92 Å². The number of thiazole rings is 1. The molecule has 20 heavy (non-hydrogen) atoms. The molecule has 0 unspecified atom stereocenters. The summed E-state index contributed by atoms with van der Waals surface area (Å²) >= 11 is 5.25. The Morgan fingerprint density at radius 3 is 2.40 bits per heavy atom. The Labute approximate surface area is 131 Å². The number of aromatic nitrogens is 1. The fraction of sp³-hybridized carbons (Fsp3) is 0.118. The molecule has 3 aromatic rings. The first-order valence-corrected chi connectivity index (χ1v) is 8.09. The minimum Gasteiger partial charge on any atom is -0.241 e. The molecule has 0 aliphatic rings. The third kappa shape index (κ3) is 3.00. The minimum atomic E-state index is 0.906. The lowest BCUT2D eigenvalue weighted by atomic mass is 10.1. The molecule has 0 spiro atoms. The van der Waals surface area contributed by atoms with Crippen molar-refractivity contribution in [3.05, 3.63) is 74.5 Å². The molecule has 0 aliphatic carbocycles. The second kappa shape index (κ2) is 5.90. The van der Waals surface area contributed by atoms with E-state index in [0.29, 0.717) is 0 Å². The Hall–Kier alpha value is -1.45. The molecule has 0 saturated heterocycles. The van der Waals surface area contributed by atoms with Gasteiger partial charge in [-0.05, 0) is 24.6 Å². The van der Waals surface area contributed by atoms with E-state index in [2.05, 4.69) is 71.4 Å². The van der Waals surface area contributed by atoms with Crippen LogP contribution >= 0.6 is 27.3 Å². The molecule has 0 amide bonds. The van der Waals surface area contributed by atoms with Gasteiger partial charge < -0.3 is 0 Å². The molecule has 0 fully saturated rings. The predicted molar refractivity (Wildman–Crippen MR) is 89.2 cm³/mol. The Balaban J connectivity index is 1.89. The van der Waals surface area contributed by atoms with Crippen LogP contribution in [0.4, 0.5) is 0 Å². The van der Waals surface area contributed by atoms with Gasteiger partial charge in [-0.1, -0.05) is 58.4 Å². The molecule has 0 radical (unpaired) electrons. The van der Waals surface area contributed by atoms with Crippen LogP contribution in [0.15, 0.2) is 59.1 Å². The van der Waals surface area contributed by atoms with Gasteiger partial charge in [0.25, 0.3) is 0 Å². The maximum atomic E-state index is 4.81. The molecule has 0 aliphatic heterocycles. The van der Waals surface area contributed by atoms with Crippen LogP contribution in [0.2, 0.25) is 0 Å². The van der Waals surface area contributed by atoms with Crippen molar-refractivity contribution < 1.29 is 0 Å². The summed E-state index contributed by atoms with van der Waals surface area (Å²) in [6, 6.07) is 18.8. The van der Waals surface area contributed by atoms with Gasteiger partial charge in [-0.3, -0.25) is 0 Å². The maximum absolute atomic E-state index is 4.81. The Morgan fingerprint density at radius 1 is 1.00 bits per heavy atom. The molecule has 3 rings (SSSR count). The minimum absolute atomic E-state index is 0.906. The number of aryl methyl sites for hydroxylation is 1. The second-order valence-corrected chi connectivity index (χ2v) is 6.89. The van der Waals surface area contributed by atoms with Gasteiger partial charge in [-0.2, -0.15) is 0 Å². The van der Waals surface area contributed by atoms with Crippen LogP contribution in [0.25, 0.3) is 11.3 Å². The topological polar surface area (TPSA) is 12.9 Å². The van der Waals surface area contributed by atoms with Crippen LogP contribution in [0.3, 0.4) is 0 Å². The number of rotatable bonds is 3. The molecular formula is C17H14BrNS. The lowest BCUT2D eigenvalue weighted by molar-refractivity contribution is 1.14. The Kier molecular flexibility index (Phi) is 3.99. The third-order valence-corrected chi connectivity index (χ3v) is 4.66. The molecule has 100 valence electrons. The lowest BCUT2D eigenvalue weighted by Crippen LogP contribution is -1.87. The normalized spacial score (nSPS) is 10.7. The van der Waals surface area contributed by atoms with Crippen molar-refractivity contribution in [3.8, 4) is 11.3 Å². The summed E-state index contributed by atoms with van der Waals surface area (Å²) in [5.74, 6) is 0. The molecule has 1 aromatic heterocycles. The maximum Gasteiger partial charge on any atom is 0.0979 e. The standard InChI is InChI=1S/C17H14BrNS/c1-12-17(14-7-9-15(18)10-8-14)19-16(20-12)11-13-5-3-2-4-6-13/h2-10H,11H2,1H3. The highest BCUT2D eigenvalue weighted by molar-refractivity contribution is 9.10. The van der Waals surface area contributed by atoms with Crippen molar-refractivity contribution in [2.45, 2.75) is 13.3 Å². The summed E-state index contributed by atoms with van der Waals surface area (Å²) in [6.07, 6.45) is 0.906. The summed E-state index contributed by atoms with van der Waals surface area (Å²) in [7, 11) is 0. The first-order chi connectivity index (χ1) is 9.72. The highest BCUT2D eigenvalue weighted by atomic mass is 79.9. The van der Waals surface area contributed by atoms with Crippen LogP contribution in [-0.2, 0) is 6.42 Å². The molecule has 1 heterocycles. The first-order valence-electron chi connectivity index (χ1n) is 6.48. The van der Waals surface area contributed by atoms with Gasteiger partial charge >= 0.3 is 0 Å². The number of halogens is 1. The molecule has 0 bridgehead atoms. The summed E-state index contributed by atoms with van der Waals surface area (Å²) in [4.78, 5) is 6.08. The summed E-state index contributed by atoms with van der Waals surface area (Å²) in [6.45, 7) is 2.14. The van der Waals surface area contributed by atoms with Gasteiger partial charge in [-0.15, -0.1) is 11.3 Å². The summed E-state index contributed by atoms with van der Waals surface area (Å²) in [5.41, 5.74) is 3.60. The molecule has 0 N–H and O–H groups in total. The molecular weight excluding hydrogens is 330 g/mol. The highest BCUT2D eigenvalue weighted by Gasteiger charge is 2.10. The fourth-order valence-electron chi connectivity index (χ4n) is 2.17. The average molecular weight is 344 g/mol. The van der Waals surface area contributed by atoms with Crippen molar-refractivity contribution in [3.63, 3.8) is 0 Å². The summed E-state index contributed by atoms with van der Waals surface area (Å²) < 4.78 is 1.10. The van der Waals surface area contributed by atoms with E-state index < -0.39 is 0 Å². The van der Waals surface area contributed by atoms with Gasteiger partial charge in [0, 0.05) is 21.3 Å². The molecule has 0 saturated carbocycles.